The molecular formula is C21H17N3O4. The maximum Gasteiger partial charge on any atom is 0.233 e. The Kier molecular flexibility index (Phi) is 3.58. The van der Waals surface area contributed by atoms with Crippen molar-refractivity contribution in [2.45, 2.75) is 12.1 Å². The summed E-state index contributed by atoms with van der Waals surface area (Å²) in [7, 11) is 1.55. The van der Waals surface area contributed by atoms with Crippen LogP contribution < -0.4 is 10.1 Å². The molecule has 0 spiro atoms. The van der Waals surface area contributed by atoms with Gasteiger partial charge in [-0.25, -0.2) is 0 Å². The van der Waals surface area contributed by atoms with Gasteiger partial charge >= 0.3 is 0 Å². The van der Waals surface area contributed by atoms with E-state index in [4.69, 9.17) is 4.74 Å². The number of hydrogen-bond acceptors (Lipinski definition) is 6. The number of nitrogens with zero attached hydrogens (tertiary/aromatic N) is 2. The van der Waals surface area contributed by atoms with Crippen LogP contribution in [0.5, 0.6) is 5.75 Å². The summed E-state index contributed by atoms with van der Waals surface area (Å²) in [4.78, 5) is 38.5. The minimum absolute atomic E-state index is 0.235. The van der Waals surface area contributed by atoms with Crippen molar-refractivity contribution < 1.29 is 19.1 Å². The number of fused-ring (bicyclic) bond motifs is 5. The molecule has 1 N–H and O–H groups in total. The van der Waals surface area contributed by atoms with Crippen molar-refractivity contribution in [2.75, 3.05) is 7.11 Å². The third-order valence-electron chi connectivity index (χ3n) is 5.78. The van der Waals surface area contributed by atoms with Crippen molar-refractivity contribution in [3.8, 4) is 5.75 Å². The number of carbonyl (C=O) groups is 3. The number of nitrogens with one attached hydrogen (secondary N) is 1. The van der Waals surface area contributed by atoms with Crippen LogP contribution in [0.4, 0.5) is 0 Å². The Morgan fingerprint density at radius 2 is 1.75 bits per heavy atom. The van der Waals surface area contributed by atoms with Gasteiger partial charge in [0.2, 0.25) is 11.8 Å². The molecule has 7 heteroatoms. The number of Topliss-reactive ketones (excluding diaryl/α,β-unsaturated/α-hetero) is 1. The molecule has 2 aromatic rings. The molecule has 28 heavy (non-hydrogen) atoms. The number of hydrazone groups is 1. The van der Waals surface area contributed by atoms with Crippen LogP contribution in [0.15, 0.2) is 53.6 Å². The van der Waals surface area contributed by atoms with Crippen LogP contribution in [0, 0.1) is 11.8 Å². The fourth-order valence-electron chi connectivity index (χ4n) is 4.51. The molecule has 2 fully saturated rings. The number of benzene rings is 2. The molecule has 3 aliphatic heterocycles. The average molecular weight is 375 g/mol. The van der Waals surface area contributed by atoms with E-state index in [1.165, 1.54) is 0 Å². The molecule has 5 rings (SSSR count). The number of imide groups is 1. The summed E-state index contributed by atoms with van der Waals surface area (Å²) in [6.07, 6.45) is 1.68. The van der Waals surface area contributed by atoms with Gasteiger partial charge in [0.25, 0.3) is 0 Å². The fourth-order valence-corrected chi connectivity index (χ4v) is 4.51. The number of hydrogen-bond donors (Lipinski definition) is 1. The van der Waals surface area contributed by atoms with Crippen LogP contribution in [0.3, 0.4) is 0 Å². The highest BCUT2D eigenvalue weighted by atomic mass is 16.5. The first-order chi connectivity index (χ1) is 13.6. The van der Waals surface area contributed by atoms with Gasteiger partial charge < -0.3 is 4.74 Å². The topological polar surface area (TPSA) is 88.1 Å². The molecule has 7 nitrogen and oxygen atoms in total. The lowest BCUT2D eigenvalue weighted by Crippen LogP contribution is -2.43. The minimum Gasteiger partial charge on any atom is -0.497 e. The monoisotopic (exact) mass is 375 g/mol. The van der Waals surface area contributed by atoms with Crippen molar-refractivity contribution in [3.63, 3.8) is 0 Å². The lowest BCUT2D eigenvalue weighted by Gasteiger charge is -2.32. The van der Waals surface area contributed by atoms with Gasteiger partial charge in [-0.05, 0) is 35.4 Å². The standard InChI is InChI=1S/C21H17N3O4/c1-28-13-8-6-11(7-9-13)19(25)18-16-15(20(26)23-21(16)27)17-14-5-3-2-4-12(14)10-22-24(17)18/h2-10,15-18H,1H3,(H,23,26,27)/t15-,16+,17+,18+/m1/s1. The van der Waals surface area contributed by atoms with Gasteiger partial charge in [-0.1, -0.05) is 24.3 Å². The van der Waals surface area contributed by atoms with Crippen LogP contribution >= 0.6 is 0 Å². The van der Waals surface area contributed by atoms with E-state index in [0.717, 1.165) is 11.1 Å². The van der Waals surface area contributed by atoms with Crippen LogP contribution in [0.2, 0.25) is 0 Å². The summed E-state index contributed by atoms with van der Waals surface area (Å²) in [5.74, 6) is -1.77. The van der Waals surface area contributed by atoms with Gasteiger partial charge in [0.1, 0.15) is 11.8 Å². The predicted octanol–water partition coefficient (Wildman–Crippen LogP) is 1.54. The molecule has 0 bridgehead atoms. The van der Waals surface area contributed by atoms with Crippen LogP contribution in [-0.2, 0) is 9.59 Å². The van der Waals surface area contributed by atoms with Gasteiger partial charge in [0.15, 0.2) is 5.78 Å². The number of ketones is 1. The van der Waals surface area contributed by atoms with Crippen LogP contribution in [0.25, 0.3) is 0 Å². The third kappa shape index (κ3) is 2.22. The summed E-state index contributed by atoms with van der Waals surface area (Å²) in [6, 6.07) is 13.1. The SMILES string of the molecule is COc1ccc(C(=O)[C@@H]2[C@H]3C(=O)NC(=O)[C@H]3[C@@H]3c4ccccc4C=NN23)cc1. The van der Waals surface area contributed by atoms with Gasteiger partial charge in [-0.3, -0.25) is 24.7 Å². The van der Waals surface area contributed by atoms with Gasteiger partial charge in [0.05, 0.1) is 31.2 Å². The first-order valence-electron chi connectivity index (χ1n) is 9.04. The minimum atomic E-state index is -0.834. The van der Waals surface area contributed by atoms with E-state index in [1.807, 2.05) is 24.3 Å². The van der Waals surface area contributed by atoms with Crippen molar-refractivity contribution in [2.24, 2.45) is 16.9 Å². The maximum absolute atomic E-state index is 13.4. The lowest BCUT2D eigenvalue weighted by molar-refractivity contribution is -0.127. The Balaban J connectivity index is 1.61. The quantitative estimate of drug-likeness (QED) is 0.649. The van der Waals surface area contributed by atoms with E-state index in [9.17, 15) is 14.4 Å². The average Bonchev–Trinajstić information content (AvgIpc) is 3.22. The molecule has 2 saturated heterocycles. The van der Waals surface area contributed by atoms with Crippen molar-refractivity contribution in [1.29, 1.82) is 0 Å². The molecule has 140 valence electrons. The smallest absolute Gasteiger partial charge is 0.233 e. The zero-order valence-corrected chi connectivity index (χ0v) is 15.0. The number of ether oxygens (including phenoxy) is 1. The Morgan fingerprint density at radius 1 is 1.04 bits per heavy atom. The Morgan fingerprint density at radius 3 is 2.50 bits per heavy atom. The zero-order chi connectivity index (χ0) is 19.4. The first kappa shape index (κ1) is 16.7. The molecule has 2 aromatic carbocycles. The number of carbonyl (C=O) groups excluding carboxylic acids is 3. The largest absolute Gasteiger partial charge is 0.497 e. The molecule has 2 amide bonds. The van der Waals surface area contributed by atoms with E-state index in [0.29, 0.717) is 11.3 Å². The molecule has 0 aliphatic carbocycles. The van der Waals surface area contributed by atoms with Crippen LogP contribution in [0.1, 0.15) is 27.5 Å². The second-order valence-corrected chi connectivity index (χ2v) is 7.14. The molecule has 0 unspecified atom stereocenters. The van der Waals surface area contributed by atoms with Gasteiger partial charge in [-0.15, -0.1) is 0 Å². The summed E-state index contributed by atoms with van der Waals surface area (Å²) < 4.78 is 5.15. The van der Waals surface area contributed by atoms with E-state index >= 15 is 0 Å². The summed E-state index contributed by atoms with van der Waals surface area (Å²) in [5, 5.41) is 8.52. The van der Waals surface area contributed by atoms with Crippen molar-refractivity contribution in [1.82, 2.24) is 10.3 Å². The fraction of sp³-hybridized carbons (Fsp3) is 0.238. The Hall–Kier alpha value is -3.48. The number of amides is 2. The normalized spacial score (nSPS) is 27.1. The van der Waals surface area contributed by atoms with E-state index in [1.54, 1.807) is 42.6 Å². The van der Waals surface area contributed by atoms with Crippen LogP contribution in [-0.4, -0.2) is 42.0 Å². The molecule has 4 atom stereocenters. The predicted molar refractivity (Wildman–Crippen MR) is 99.9 cm³/mol. The van der Waals surface area contributed by atoms with Gasteiger partial charge in [-0.2, -0.15) is 5.10 Å². The molecule has 3 heterocycles. The number of rotatable bonds is 3. The van der Waals surface area contributed by atoms with E-state index in [-0.39, 0.29) is 11.7 Å². The second-order valence-electron chi connectivity index (χ2n) is 7.14. The third-order valence-corrected chi connectivity index (χ3v) is 5.78. The molecular weight excluding hydrogens is 358 g/mol. The molecule has 3 aliphatic rings. The summed E-state index contributed by atoms with van der Waals surface area (Å²) >= 11 is 0. The zero-order valence-electron chi connectivity index (χ0n) is 15.0. The Bertz CT molecular complexity index is 1030. The number of methoxy groups -OCH3 is 1. The molecule has 0 saturated carbocycles. The van der Waals surface area contributed by atoms with Crippen molar-refractivity contribution >= 4 is 23.8 Å². The first-order valence-corrected chi connectivity index (χ1v) is 9.04. The summed E-state index contributed by atoms with van der Waals surface area (Å²) in [5.41, 5.74) is 2.25. The molecule has 0 radical (unpaired) electrons. The van der Waals surface area contributed by atoms with E-state index < -0.39 is 29.8 Å². The second kappa shape index (κ2) is 6.02. The van der Waals surface area contributed by atoms with Gasteiger partial charge in [0, 0.05) is 5.56 Å². The highest BCUT2D eigenvalue weighted by Crippen LogP contribution is 2.50. The maximum atomic E-state index is 13.4. The highest BCUT2D eigenvalue weighted by Gasteiger charge is 2.62. The lowest BCUT2D eigenvalue weighted by atomic mass is 9.83. The highest BCUT2D eigenvalue weighted by molar-refractivity contribution is 6.12. The summed E-state index contributed by atoms with van der Waals surface area (Å²) in [6.45, 7) is 0. The molecule has 0 aromatic heterocycles. The van der Waals surface area contributed by atoms with Crippen molar-refractivity contribution in [3.05, 3.63) is 65.2 Å². The Labute approximate surface area is 161 Å². The van der Waals surface area contributed by atoms with E-state index in [2.05, 4.69) is 10.4 Å².